The fraction of sp³-hybridized carbons (Fsp3) is 0.190. The molecule has 0 unspecified atom stereocenters. The molecule has 25 heavy (non-hydrogen) atoms. The topological polar surface area (TPSA) is 45.5 Å². The van der Waals surface area contributed by atoms with Gasteiger partial charge < -0.3 is 9.73 Å². The second-order valence-corrected chi connectivity index (χ2v) is 6.07. The fourth-order valence-corrected chi connectivity index (χ4v) is 2.68. The second kappa shape index (κ2) is 7.81. The highest BCUT2D eigenvalue weighted by Gasteiger charge is 2.20. The van der Waals surface area contributed by atoms with Crippen LogP contribution in [-0.4, -0.2) is 23.9 Å². The van der Waals surface area contributed by atoms with E-state index in [9.17, 15) is 4.79 Å². The summed E-state index contributed by atoms with van der Waals surface area (Å²) in [6.07, 6.45) is 1.64. The van der Waals surface area contributed by atoms with Crippen LogP contribution in [-0.2, 0) is 11.3 Å². The van der Waals surface area contributed by atoms with E-state index in [-0.39, 0.29) is 11.9 Å². The van der Waals surface area contributed by atoms with Gasteiger partial charge in [-0.2, -0.15) is 0 Å². The van der Waals surface area contributed by atoms with Crippen molar-refractivity contribution in [2.75, 3.05) is 12.4 Å². The third kappa shape index (κ3) is 4.17. The van der Waals surface area contributed by atoms with Gasteiger partial charge in [0.2, 0.25) is 5.91 Å². The minimum Gasteiger partial charge on any atom is -0.468 e. The average molecular weight is 334 g/mol. The lowest BCUT2D eigenvalue weighted by molar-refractivity contribution is -0.120. The molecule has 0 bridgehead atoms. The lowest BCUT2D eigenvalue weighted by atomic mass is 10.0. The van der Waals surface area contributed by atoms with Crippen LogP contribution in [0.2, 0.25) is 0 Å². The summed E-state index contributed by atoms with van der Waals surface area (Å²) in [5.41, 5.74) is 2.91. The van der Waals surface area contributed by atoms with Gasteiger partial charge in [0.1, 0.15) is 5.76 Å². The largest absolute Gasteiger partial charge is 0.468 e. The number of rotatable bonds is 6. The maximum absolute atomic E-state index is 12.7. The van der Waals surface area contributed by atoms with E-state index in [4.69, 9.17) is 4.42 Å². The molecular weight excluding hydrogens is 312 g/mol. The lowest BCUT2D eigenvalue weighted by Gasteiger charge is -2.23. The number of amides is 1. The molecule has 0 saturated carbocycles. The molecule has 1 aromatic heterocycles. The summed E-state index contributed by atoms with van der Waals surface area (Å²) in [6, 6.07) is 21.4. The number of nitrogens with zero attached hydrogens (tertiary/aromatic N) is 1. The first-order chi connectivity index (χ1) is 12.1. The Balaban J connectivity index is 1.73. The van der Waals surface area contributed by atoms with Crippen molar-refractivity contribution in [1.29, 1.82) is 0 Å². The third-order valence-corrected chi connectivity index (χ3v) is 4.30. The zero-order valence-electron chi connectivity index (χ0n) is 14.5. The minimum atomic E-state index is -0.283. The summed E-state index contributed by atoms with van der Waals surface area (Å²) < 4.78 is 5.36. The molecule has 0 saturated heterocycles. The number of furan rings is 1. The Bertz CT molecular complexity index is 813. The maximum atomic E-state index is 12.7. The van der Waals surface area contributed by atoms with Gasteiger partial charge in [0.25, 0.3) is 0 Å². The van der Waals surface area contributed by atoms with E-state index in [1.54, 1.807) is 6.26 Å². The minimum absolute atomic E-state index is 0.0440. The number of para-hydroxylation sites is 1. The second-order valence-electron chi connectivity index (χ2n) is 6.07. The molecule has 3 rings (SSSR count). The molecule has 0 aliphatic heterocycles. The van der Waals surface area contributed by atoms with Gasteiger partial charge in [-0.05, 0) is 37.7 Å². The summed E-state index contributed by atoms with van der Waals surface area (Å²) in [4.78, 5) is 14.6. The van der Waals surface area contributed by atoms with Crippen molar-refractivity contribution in [3.8, 4) is 11.1 Å². The highest BCUT2D eigenvalue weighted by Crippen LogP contribution is 2.27. The highest BCUT2D eigenvalue weighted by atomic mass is 16.3. The zero-order chi connectivity index (χ0) is 17.6. The smallest absolute Gasteiger partial charge is 0.241 e. The average Bonchev–Trinajstić information content (AvgIpc) is 3.15. The Labute approximate surface area is 148 Å². The number of carbonyl (C=O) groups is 1. The molecule has 0 aliphatic carbocycles. The molecule has 0 radical (unpaired) electrons. The molecule has 0 aliphatic rings. The van der Waals surface area contributed by atoms with Gasteiger partial charge in [0.05, 0.1) is 18.8 Å². The molecular formula is C21H22N2O2. The molecule has 128 valence electrons. The first kappa shape index (κ1) is 17.0. The first-order valence-corrected chi connectivity index (χ1v) is 8.33. The number of anilines is 1. The van der Waals surface area contributed by atoms with Crippen LogP contribution in [0.15, 0.2) is 77.4 Å². The molecule has 0 fully saturated rings. The van der Waals surface area contributed by atoms with Crippen LogP contribution in [0, 0.1) is 0 Å². The highest BCUT2D eigenvalue weighted by molar-refractivity contribution is 5.98. The third-order valence-electron chi connectivity index (χ3n) is 4.30. The first-order valence-electron chi connectivity index (χ1n) is 8.33. The molecule has 1 amide bonds. The van der Waals surface area contributed by atoms with Crippen LogP contribution < -0.4 is 5.32 Å². The zero-order valence-corrected chi connectivity index (χ0v) is 14.5. The van der Waals surface area contributed by atoms with Crippen molar-refractivity contribution in [1.82, 2.24) is 4.90 Å². The van der Waals surface area contributed by atoms with Crippen molar-refractivity contribution < 1.29 is 9.21 Å². The maximum Gasteiger partial charge on any atom is 0.241 e. The predicted molar refractivity (Wildman–Crippen MR) is 100 cm³/mol. The normalized spacial score (nSPS) is 12.1. The number of carbonyl (C=O) groups excluding carboxylic acids is 1. The Morgan fingerprint density at radius 1 is 1.04 bits per heavy atom. The molecule has 0 spiro atoms. The molecule has 1 N–H and O–H groups in total. The Hall–Kier alpha value is -2.85. The molecule has 4 nitrogen and oxygen atoms in total. The molecule has 2 aromatic carbocycles. The predicted octanol–water partition coefficient (Wildman–Crippen LogP) is 4.41. The van der Waals surface area contributed by atoms with E-state index in [0.717, 1.165) is 22.6 Å². The number of nitrogens with one attached hydrogen (secondary N) is 1. The van der Waals surface area contributed by atoms with Gasteiger partial charge in [0.15, 0.2) is 0 Å². The molecule has 1 atom stereocenters. The van der Waals surface area contributed by atoms with Crippen LogP contribution in [0.1, 0.15) is 12.7 Å². The summed E-state index contributed by atoms with van der Waals surface area (Å²) in [5, 5.41) is 3.06. The van der Waals surface area contributed by atoms with E-state index in [1.807, 2.05) is 85.6 Å². The Morgan fingerprint density at radius 3 is 2.48 bits per heavy atom. The standard InChI is InChI=1S/C21H22N2O2/c1-16(23(2)15-18-11-8-14-25-18)21(24)22-20-13-7-6-12-19(20)17-9-4-3-5-10-17/h3-14,16H,15H2,1-2H3,(H,22,24)/t16-/m0/s1. The number of likely N-dealkylation sites (N-methyl/N-ethyl adjacent to an activating group) is 1. The lowest BCUT2D eigenvalue weighted by Crippen LogP contribution is -2.39. The van der Waals surface area contributed by atoms with Gasteiger partial charge in [-0.1, -0.05) is 48.5 Å². The van der Waals surface area contributed by atoms with Gasteiger partial charge in [0, 0.05) is 11.3 Å². The van der Waals surface area contributed by atoms with Crippen molar-refractivity contribution in [3.63, 3.8) is 0 Å². The van der Waals surface area contributed by atoms with Crippen LogP contribution in [0.4, 0.5) is 5.69 Å². The Morgan fingerprint density at radius 2 is 1.76 bits per heavy atom. The van der Waals surface area contributed by atoms with Crippen molar-refractivity contribution >= 4 is 11.6 Å². The van der Waals surface area contributed by atoms with E-state index in [0.29, 0.717) is 6.54 Å². The molecule has 4 heteroatoms. The van der Waals surface area contributed by atoms with Gasteiger partial charge >= 0.3 is 0 Å². The van der Waals surface area contributed by atoms with E-state index in [1.165, 1.54) is 0 Å². The summed E-state index contributed by atoms with van der Waals surface area (Å²) >= 11 is 0. The van der Waals surface area contributed by atoms with Gasteiger partial charge in [-0.25, -0.2) is 0 Å². The Kier molecular flexibility index (Phi) is 5.31. The van der Waals surface area contributed by atoms with Crippen LogP contribution >= 0.6 is 0 Å². The van der Waals surface area contributed by atoms with Crippen molar-refractivity contribution in [2.24, 2.45) is 0 Å². The van der Waals surface area contributed by atoms with Crippen LogP contribution in [0.25, 0.3) is 11.1 Å². The number of hydrogen-bond donors (Lipinski definition) is 1. The monoisotopic (exact) mass is 334 g/mol. The van der Waals surface area contributed by atoms with E-state index < -0.39 is 0 Å². The summed E-state index contributed by atoms with van der Waals surface area (Å²) in [6.45, 7) is 2.48. The van der Waals surface area contributed by atoms with Gasteiger partial charge in [-0.15, -0.1) is 0 Å². The van der Waals surface area contributed by atoms with Crippen molar-refractivity contribution in [3.05, 3.63) is 78.8 Å². The van der Waals surface area contributed by atoms with Crippen molar-refractivity contribution in [2.45, 2.75) is 19.5 Å². The molecule has 1 heterocycles. The summed E-state index contributed by atoms with van der Waals surface area (Å²) in [5.74, 6) is 0.796. The quantitative estimate of drug-likeness (QED) is 0.726. The van der Waals surface area contributed by atoms with Crippen LogP contribution in [0.3, 0.4) is 0 Å². The molecule has 3 aromatic rings. The SMILES string of the molecule is C[C@@H](C(=O)Nc1ccccc1-c1ccccc1)N(C)Cc1ccco1. The fourth-order valence-electron chi connectivity index (χ4n) is 2.68. The van der Waals surface area contributed by atoms with Crippen LogP contribution in [0.5, 0.6) is 0 Å². The summed E-state index contributed by atoms with van der Waals surface area (Å²) in [7, 11) is 1.91. The van der Waals surface area contributed by atoms with Gasteiger partial charge in [-0.3, -0.25) is 9.69 Å². The number of benzene rings is 2. The number of hydrogen-bond acceptors (Lipinski definition) is 3. The van der Waals surface area contributed by atoms with E-state index >= 15 is 0 Å². The van der Waals surface area contributed by atoms with E-state index in [2.05, 4.69) is 5.32 Å².